The molecule has 0 N–H and O–H groups in total. The van der Waals surface area contributed by atoms with Gasteiger partial charge in [0.15, 0.2) is 0 Å². The van der Waals surface area contributed by atoms with E-state index in [9.17, 15) is 8.42 Å². The highest BCUT2D eigenvalue weighted by molar-refractivity contribution is 7.89. The Kier molecular flexibility index (Phi) is 5.46. The minimum absolute atomic E-state index is 0.364. The van der Waals surface area contributed by atoms with Crippen LogP contribution in [0.25, 0.3) is 10.7 Å². The summed E-state index contributed by atoms with van der Waals surface area (Å²) in [6, 6.07) is 9.41. The summed E-state index contributed by atoms with van der Waals surface area (Å²) in [5.41, 5.74) is 3.56. The van der Waals surface area contributed by atoms with Crippen molar-refractivity contribution in [3.63, 3.8) is 0 Å². The van der Waals surface area contributed by atoms with E-state index < -0.39 is 10.0 Å². The maximum Gasteiger partial charge on any atom is 0.244 e. The highest BCUT2D eigenvalue weighted by Crippen LogP contribution is 2.32. The Bertz CT molecular complexity index is 1130. The van der Waals surface area contributed by atoms with Crippen molar-refractivity contribution in [2.24, 2.45) is 7.05 Å². The molecule has 3 heterocycles. The third-order valence-corrected chi connectivity index (χ3v) is 8.62. The molecule has 0 unspecified atom stereocenters. The van der Waals surface area contributed by atoms with E-state index in [1.165, 1.54) is 11.3 Å². The summed E-state index contributed by atoms with van der Waals surface area (Å²) in [5, 5.41) is 3.50. The van der Waals surface area contributed by atoms with Gasteiger partial charge in [-0.15, -0.1) is 11.3 Å². The highest BCUT2D eigenvalue weighted by Gasteiger charge is 2.32. The minimum atomic E-state index is -3.57. The maximum atomic E-state index is 13.4. The van der Waals surface area contributed by atoms with Crippen LogP contribution in [0.1, 0.15) is 11.4 Å². The molecule has 1 saturated heterocycles. The molecule has 0 saturated carbocycles. The fourth-order valence-electron chi connectivity index (χ4n) is 3.59. The van der Waals surface area contributed by atoms with Crippen LogP contribution in [0.5, 0.6) is 0 Å². The van der Waals surface area contributed by atoms with Crippen molar-refractivity contribution < 1.29 is 8.42 Å². The lowest BCUT2D eigenvalue weighted by atomic mass is 10.2. The number of sulfonamides is 1. The van der Waals surface area contributed by atoms with Crippen molar-refractivity contribution in [3.8, 4) is 10.7 Å². The van der Waals surface area contributed by atoms with Crippen molar-refractivity contribution in [2.75, 3.05) is 31.1 Å². The van der Waals surface area contributed by atoms with Gasteiger partial charge < -0.3 is 9.47 Å². The number of halogens is 1. The number of aryl methyl sites for hydroxylation is 1. The van der Waals surface area contributed by atoms with Crippen molar-refractivity contribution in [3.05, 3.63) is 52.1 Å². The van der Waals surface area contributed by atoms with E-state index in [0.717, 1.165) is 27.8 Å². The first-order valence-electron chi connectivity index (χ1n) is 9.37. The van der Waals surface area contributed by atoms with E-state index in [2.05, 4.69) is 9.88 Å². The van der Waals surface area contributed by atoms with Gasteiger partial charge in [0.2, 0.25) is 10.0 Å². The Labute approximate surface area is 180 Å². The standard InChI is InChI=1S/C20H23ClN4O2S2/c1-14-13-28-20(22-14)18-12-19(15(2)23(18)3)29(26,27)25-10-8-24(9-11-25)17-6-4-16(21)5-7-17/h4-7,12-13H,8-11H2,1-3H3. The van der Waals surface area contributed by atoms with Gasteiger partial charge in [-0.1, -0.05) is 11.6 Å². The number of hydrogen-bond donors (Lipinski definition) is 0. The number of rotatable bonds is 4. The summed E-state index contributed by atoms with van der Waals surface area (Å²) in [7, 11) is -1.68. The normalized spacial score (nSPS) is 15.8. The van der Waals surface area contributed by atoms with Gasteiger partial charge in [0.1, 0.15) is 9.90 Å². The van der Waals surface area contributed by atoms with Crippen LogP contribution in [0.2, 0.25) is 5.02 Å². The zero-order chi connectivity index (χ0) is 20.8. The molecule has 6 nitrogen and oxygen atoms in total. The summed E-state index contributed by atoms with van der Waals surface area (Å²) in [5.74, 6) is 0. The third-order valence-electron chi connectivity index (χ3n) is 5.38. The molecule has 154 valence electrons. The molecule has 0 aliphatic carbocycles. The van der Waals surface area contributed by atoms with Crippen LogP contribution in [0.15, 0.2) is 40.6 Å². The molecule has 3 aromatic rings. The molecule has 0 amide bonds. The second-order valence-electron chi connectivity index (χ2n) is 7.20. The fourth-order valence-corrected chi connectivity index (χ4v) is 6.25. The molecular weight excluding hydrogens is 428 g/mol. The van der Waals surface area contributed by atoms with Crippen LogP contribution in [0.3, 0.4) is 0 Å². The topological polar surface area (TPSA) is 58.4 Å². The van der Waals surface area contributed by atoms with Gasteiger partial charge in [0.25, 0.3) is 0 Å². The molecule has 0 atom stereocenters. The zero-order valence-electron chi connectivity index (χ0n) is 16.6. The Morgan fingerprint density at radius 2 is 1.72 bits per heavy atom. The van der Waals surface area contributed by atoms with Crippen molar-refractivity contribution in [1.82, 2.24) is 13.9 Å². The summed E-state index contributed by atoms with van der Waals surface area (Å²) in [6.45, 7) is 5.97. The van der Waals surface area contributed by atoms with Crippen molar-refractivity contribution >= 4 is 38.6 Å². The fraction of sp³-hybridized carbons (Fsp3) is 0.350. The number of thiazole rings is 1. The summed E-state index contributed by atoms with van der Waals surface area (Å²) >= 11 is 7.49. The van der Waals surface area contributed by atoms with Crippen molar-refractivity contribution in [2.45, 2.75) is 18.7 Å². The molecule has 9 heteroatoms. The van der Waals surface area contributed by atoms with Crippen molar-refractivity contribution in [1.29, 1.82) is 0 Å². The molecule has 1 aliphatic heterocycles. The molecule has 2 aromatic heterocycles. The molecule has 1 aliphatic rings. The molecule has 4 rings (SSSR count). The monoisotopic (exact) mass is 450 g/mol. The minimum Gasteiger partial charge on any atom is -0.369 e. The molecule has 1 aromatic carbocycles. The molecule has 1 fully saturated rings. The van der Waals surface area contributed by atoms with Gasteiger partial charge in [-0.3, -0.25) is 0 Å². The molecule has 0 spiro atoms. The average molecular weight is 451 g/mol. The maximum absolute atomic E-state index is 13.4. The largest absolute Gasteiger partial charge is 0.369 e. The number of nitrogens with zero attached hydrogens (tertiary/aromatic N) is 4. The van der Waals surface area contributed by atoms with E-state index in [1.807, 2.05) is 55.1 Å². The van der Waals surface area contributed by atoms with Gasteiger partial charge >= 0.3 is 0 Å². The Morgan fingerprint density at radius 3 is 2.31 bits per heavy atom. The van der Waals surface area contributed by atoms with Gasteiger partial charge in [-0.05, 0) is 44.2 Å². The Morgan fingerprint density at radius 1 is 1.07 bits per heavy atom. The second kappa shape index (κ2) is 7.75. The molecular formula is C20H23ClN4O2S2. The summed E-state index contributed by atoms with van der Waals surface area (Å²) in [4.78, 5) is 7.06. The highest BCUT2D eigenvalue weighted by atomic mass is 35.5. The number of anilines is 1. The van der Waals surface area contributed by atoms with Crippen LogP contribution in [-0.2, 0) is 17.1 Å². The van der Waals surface area contributed by atoms with E-state index in [4.69, 9.17) is 11.6 Å². The van der Waals surface area contributed by atoms with Crippen LogP contribution in [-0.4, -0.2) is 48.5 Å². The molecule has 29 heavy (non-hydrogen) atoms. The SMILES string of the molecule is Cc1csc(-c2cc(S(=O)(=O)N3CCN(c4ccc(Cl)cc4)CC3)c(C)n2C)n1. The first kappa shape index (κ1) is 20.4. The predicted octanol–water partition coefficient (Wildman–Crippen LogP) is 3.93. The van der Waals surface area contributed by atoms with E-state index in [0.29, 0.717) is 36.1 Å². The van der Waals surface area contributed by atoms with Crippen LogP contribution in [0, 0.1) is 13.8 Å². The smallest absolute Gasteiger partial charge is 0.244 e. The number of hydrogen-bond acceptors (Lipinski definition) is 5. The van der Waals surface area contributed by atoms with Gasteiger partial charge in [0, 0.05) is 60.7 Å². The first-order chi connectivity index (χ1) is 13.8. The second-order valence-corrected chi connectivity index (χ2v) is 10.4. The van der Waals surface area contributed by atoms with Gasteiger partial charge in [0.05, 0.1) is 5.69 Å². The lowest BCUT2D eigenvalue weighted by Crippen LogP contribution is -2.48. The lowest BCUT2D eigenvalue weighted by molar-refractivity contribution is 0.384. The third kappa shape index (κ3) is 3.82. The van der Waals surface area contributed by atoms with Gasteiger partial charge in [-0.25, -0.2) is 13.4 Å². The van der Waals surface area contributed by atoms with Crippen LogP contribution in [0.4, 0.5) is 5.69 Å². The van der Waals surface area contributed by atoms with Gasteiger partial charge in [-0.2, -0.15) is 4.31 Å². The first-order valence-corrected chi connectivity index (χ1v) is 12.1. The lowest BCUT2D eigenvalue weighted by Gasteiger charge is -2.35. The summed E-state index contributed by atoms with van der Waals surface area (Å²) < 4.78 is 30.2. The average Bonchev–Trinajstić information content (AvgIpc) is 3.26. The zero-order valence-corrected chi connectivity index (χ0v) is 19.0. The number of benzene rings is 1. The molecule has 0 bridgehead atoms. The Balaban J connectivity index is 1.56. The van der Waals surface area contributed by atoms with Crippen LogP contribution < -0.4 is 4.90 Å². The quantitative estimate of drug-likeness (QED) is 0.604. The predicted molar refractivity (Wildman–Crippen MR) is 118 cm³/mol. The van der Waals surface area contributed by atoms with Crippen LogP contribution >= 0.6 is 22.9 Å². The number of piperazine rings is 1. The molecule has 0 radical (unpaired) electrons. The van der Waals surface area contributed by atoms with E-state index in [-0.39, 0.29) is 0 Å². The number of aromatic nitrogens is 2. The summed E-state index contributed by atoms with van der Waals surface area (Å²) in [6.07, 6.45) is 0. The van der Waals surface area contributed by atoms with E-state index in [1.54, 1.807) is 10.4 Å². The Hall–Kier alpha value is -1.87. The van der Waals surface area contributed by atoms with E-state index >= 15 is 0 Å².